The highest BCUT2D eigenvalue weighted by Gasteiger charge is 2.34. The van der Waals surface area contributed by atoms with Crippen LogP contribution in [-0.2, 0) is 6.18 Å². The summed E-state index contributed by atoms with van der Waals surface area (Å²) in [5.41, 5.74) is 0.134. The van der Waals surface area contributed by atoms with E-state index in [2.05, 4.69) is 5.32 Å². The van der Waals surface area contributed by atoms with Crippen LogP contribution in [0.15, 0.2) is 23.8 Å². The van der Waals surface area contributed by atoms with Crippen molar-refractivity contribution < 1.29 is 17.6 Å². The number of benzene rings is 1. The van der Waals surface area contributed by atoms with Gasteiger partial charge in [0.2, 0.25) is 0 Å². The molecule has 1 nitrogen and oxygen atoms in total. The Hall–Kier alpha value is -1.36. The van der Waals surface area contributed by atoms with Crippen LogP contribution in [0.1, 0.15) is 38.3 Å². The van der Waals surface area contributed by atoms with Gasteiger partial charge in [-0.3, -0.25) is 0 Å². The van der Waals surface area contributed by atoms with Gasteiger partial charge in [0.25, 0.3) is 0 Å². The monoisotopic (exact) mass is 303 g/mol. The maximum absolute atomic E-state index is 13.3. The van der Waals surface area contributed by atoms with Gasteiger partial charge in [0.15, 0.2) is 0 Å². The molecule has 0 radical (unpaired) electrons. The average molecular weight is 303 g/mol. The van der Waals surface area contributed by atoms with E-state index in [0.29, 0.717) is 12.1 Å². The molecule has 21 heavy (non-hydrogen) atoms. The summed E-state index contributed by atoms with van der Waals surface area (Å²) in [4.78, 5) is 0. The van der Waals surface area contributed by atoms with Crippen LogP contribution >= 0.6 is 0 Å². The molecule has 1 rings (SSSR count). The van der Waals surface area contributed by atoms with Crippen molar-refractivity contribution in [3.8, 4) is 0 Å². The smallest absolute Gasteiger partial charge is 0.313 e. The summed E-state index contributed by atoms with van der Waals surface area (Å²) >= 11 is 0. The molecule has 0 aliphatic rings. The van der Waals surface area contributed by atoms with E-state index in [1.165, 1.54) is 6.07 Å². The van der Waals surface area contributed by atoms with Gasteiger partial charge >= 0.3 is 6.18 Å². The van der Waals surface area contributed by atoms with Crippen LogP contribution < -0.4 is 5.32 Å². The normalized spacial score (nSPS) is 13.0. The van der Waals surface area contributed by atoms with E-state index in [1.807, 2.05) is 20.8 Å². The SMILES string of the molecule is CCCNC/C(=C/c1ccc(F)c(C(F)(F)F)c1)C(C)C. The van der Waals surface area contributed by atoms with Gasteiger partial charge in [-0.25, -0.2) is 4.39 Å². The molecular weight excluding hydrogens is 282 g/mol. The summed E-state index contributed by atoms with van der Waals surface area (Å²) < 4.78 is 51.4. The van der Waals surface area contributed by atoms with Gasteiger partial charge in [0.1, 0.15) is 5.82 Å². The molecule has 0 aliphatic heterocycles. The first-order chi connectivity index (χ1) is 9.75. The Balaban J connectivity index is 3.04. The Morgan fingerprint density at radius 1 is 1.29 bits per heavy atom. The lowest BCUT2D eigenvalue weighted by Gasteiger charge is -2.14. The molecule has 1 aromatic rings. The molecule has 0 bridgehead atoms. The van der Waals surface area contributed by atoms with Crippen molar-refractivity contribution >= 4 is 6.08 Å². The van der Waals surface area contributed by atoms with Crippen LogP contribution in [0.5, 0.6) is 0 Å². The molecule has 0 unspecified atom stereocenters. The van der Waals surface area contributed by atoms with E-state index >= 15 is 0 Å². The molecule has 0 aromatic heterocycles. The highest BCUT2D eigenvalue weighted by Crippen LogP contribution is 2.32. The van der Waals surface area contributed by atoms with Crippen LogP contribution in [0, 0.1) is 11.7 Å². The van der Waals surface area contributed by atoms with Gasteiger partial charge in [0.05, 0.1) is 5.56 Å². The van der Waals surface area contributed by atoms with Crippen molar-refractivity contribution in [2.75, 3.05) is 13.1 Å². The van der Waals surface area contributed by atoms with E-state index in [4.69, 9.17) is 0 Å². The number of rotatable bonds is 6. The third-order valence-corrected chi connectivity index (χ3v) is 3.15. The molecule has 0 saturated heterocycles. The Labute approximate surface area is 123 Å². The van der Waals surface area contributed by atoms with Gasteiger partial charge in [0, 0.05) is 6.54 Å². The lowest BCUT2D eigenvalue weighted by atomic mass is 9.99. The van der Waals surface area contributed by atoms with Crippen LogP contribution in [0.3, 0.4) is 0 Å². The maximum Gasteiger partial charge on any atom is 0.419 e. The van der Waals surface area contributed by atoms with Gasteiger partial charge < -0.3 is 5.32 Å². The highest BCUT2D eigenvalue weighted by atomic mass is 19.4. The Morgan fingerprint density at radius 3 is 2.48 bits per heavy atom. The third kappa shape index (κ3) is 5.50. The molecule has 0 heterocycles. The van der Waals surface area contributed by atoms with E-state index < -0.39 is 17.6 Å². The van der Waals surface area contributed by atoms with Crippen molar-refractivity contribution in [3.63, 3.8) is 0 Å². The van der Waals surface area contributed by atoms with Crippen molar-refractivity contribution in [1.29, 1.82) is 0 Å². The molecule has 0 fully saturated rings. The quantitative estimate of drug-likeness (QED) is 0.583. The number of halogens is 4. The molecule has 0 aliphatic carbocycles. The summed E-state index contributed by atoms with van der Waals surface area (Å²) in [6.07, 6.45) is -1.99. The zero-order chi connectivity index (χ0) is 16.0. The summed E-state index contributed by atoms with van der Waals surface area (Å²) in [5, 5.41) is 3.23. The summed E-state index contributed by atoms with van der Waals surface area (Å²) in [6, 6.07) is 3.09. The molecule has 118 valence electrons. The number of hydrogen-bond donors (Lipinski definition) is 1. The zero-order valence-electron chi connectivity index (χ0n) is 12.5. The minimum atomic E-state index is -4.67. The Kier molecular flexibility index (Phi) is 6.40. The number of alkyl halides is 3. The summed E-state index contributed by atoms with van der Waals surface area (Å²) in [6.45, 7) is 7.47. The van der Waals surface area contributed by atoms with Gasteiger partial charge in [-0.1, -0.05) is 38.5 Å². The highest BCUT2D eigenvalue weighted by molar-refractivity contribution is 5.55. The average Bonchev–Trinajstić information content (AvgIpc) is 2.38. The first-order valence-corrected chi connectivity index (χ1v) is 7.03. The molecule has 0 spiro atoms. The minimum absolute atomic E-state index is 0.203. The van der Waals surface area contributed by atoms with E-state index in [-0.39, 0.29) is 5.92 Å². The van der Waals surface area contributed by atoms with Gasteiger partial charge in [-0.05, 0) is 36.6 Å². The minimum Gasteiger partial charge on any atom is -0.313 e. The number of nitrogens with one attached hydrogen (secondary N) is 1. The summed E-state index contributed by atoms with van der Waals surface area (Å²) in [7, 11) is 0. The fourth-order valence-corrected chi connectivity index (χ4v) is 1.90. The van der Waals surface area contributed by atoms with E-state index in [0.717, 1.165) is 30.7 Å². The molecule has 0 amide bonds. The predicted octanol–water partition coefficient (Wildman–Crippen LogP) is 4.88. The van der Waals surface area contributed by atoms with E-state index in [9.17, 15) is 17.6 Å². The second-order valence-corrected chi connectivity index (χ2v) is 5.29. The molecule has 0 saturated carbocycles. The Bertz CT molecular complexity index is 490. The topological polar surface area (TPSA) is 12.0 Å². The molecule has 0 atom stereocenters. The zero-order valence-corrected chi connectivity index (χ0v) is 12.5. The van der Waals surface area contributed by atoms with Crippen LogP contribution in [0.2, 0.25) is 0 Å². The third-order valence-electron chi connectivity index (χ3n) is 3.15. The van der Waals surface area contributed by atoms with Crippen molar-refractivity contribution in [1.82, 2.24) is 5.32 Å². The second kappa shape index (κ2) is 7.59. The lowest BCUT2D eigenvalue weighted by Crippen LogP contribution is -2.20. The first kappa shape index (κ1) is 17.7. The van der Waals surface area contributed by atoms with Crippen LogP contribution in [0.4, 0.5) is 17.6 Å². The van der Waals surface area contributed by atoms with Crippen molar-refractivity contribution in [2.24, 2.45) is 5.92 Å². The maximum atomic E-state index is 13.3. The molecule has 1 N–H and O–H groups in total. The summed E-state index contributed by atoms with van der Waals surface area (Å²) in [5.74, 6) is -1.04. The van der Waals surface area contributed by atoms with Crippen molar-refractivity contribution in [2.45, 2.75) is 33.4 Å². The lowest BCUT2D eigenvalue weighted by molar-refractivity contribution is -0.140. The predicted molar refractivity (Wildman–Crippen MR) is 77.4 cm³/mol. The van der Waals surface area contributed by atoms with Gasteiger partial charge in [-0.15, -0.1) is 0 Å². The van der Waals surface area contributed by atoms with Crippen molar-refractivity contribution in [3.05, 3.63) is 40.7 Å². The second-order valence-electron chi connectivity index (χ2n) is 5.29. The Morgan fingerprint density at radius 2 is 1.95 bits per heavy atom. The van der Waals surface area contributed by atoms with E-state index in [1.54, 1.807) is 6.08 Å². The van der Waals surface area contributed by atoms with Crippen LogP contribution in [0.25, 0.3) is 6.08 Å². The standard InChI is InChI=1S/C16H21F4N/c1-4-7-21-10-13(11(2)3)8-12-5-6-15(17)14(9-12)16(18,19)20/h5-6,8-9,11,21H,4,7,10H2,1-3H3/b13-8-. The molecular formula is C16H21F4N. The number of hydrogen-bond acceptors (Lipinski definition) is 1. The molecule has 5 heteroatoms. The fraction of sp³-hybridized carbons (Fsp3) is 0.500. The van der Waals surface area contributed by atoms with Gasteiger partial charge in [-0.2, -0.15) is 13.2 Å². The molecule has 1 aromatic carbocycles. The largest absolute Gasteiger partial charge is 0.419 e. The van der Waals surface area contributed by atoms with Crippen LogP contribution in [-0.4, -0.2) is 13.1 Å². The first-order valence-electron chi connectivity index (χ1n) is 7.03. The fourth-order valence-electron chi connectivity index (χ4n) is 1.90.